The molecule has 0 aliphatic rings. The summed E-state index contributed by atoms with van der Waals surface area (Å²) < 4.78 is 79.9. The Bertz CT molecular complexity index is 1040. The summed E-state index contributed by atoms with van der Waals surface area (Å²) >= 11 is 1.34. The number of aromatic nitrogens is 1. The highest BCUT2D eigenvalue weighted by atomic mass is 32.1. The summed E-state index contributed by atoms with van der Waals surface area (Å²) in [4.78, 5) is 21.1. The van der Waals surface area contributed by atoms with Gasteiger partial charge in [-0.3, -0.25) is 9.79 Å². The molecule has 1 heterocycles. The number of amides is 1. The molecule has 0 unspecified atom stereocenters. The highest BCUT2D eigenvalue weighted by Crippen LogP contribution is 2.37. The van der Waals surface area contributed by atoms with E-state index in [0.717, 1.165) is 47.0 Å². The number of alkyl halides is 6. The van der Waals surface area contributed by atoms with Crippen LogP contribution in [0.15, 0.2) is 58.2 Å². The van der Waals surface area contributed by atoms with Gasteiger partial charge in [-0.05, 0) is 44.7 Å². The van der Waals surface area contributed by atoms with Crippen LogP contribution in [0, 0.1) is 6.92 Å². The van der Waals surface area contributed by atoms with E-state index in [1.807, 2.05) is 0 Å². The van der Waals surface area contributed by atoms with Crippen molar-refractivity contribution in [3.8, 4) is 0 Å². The number of thiazole rings is 1. The first kappa shape index (κ1) is 26.3. The van der Waals surface area contributed by atoms with Crippen LogP contribution in [0.2, 0.25) is 0 Å². The van der Waals surface area contributed by atoms with E-state index in [1.165, 1.54) is 18.3 Å². The average molecular weight is 489 g/mol. The minimum absolute atomic E-state index is 0.000950. The molecule has 1 aromatic carbocycles. The van der Waals surface area contributed by atoms with E-state index < -0.39 is 41.1 Å². The number of hydrogen-bond donors (Lipinski definition) is 1. The minimum Gasteiger partial charge on any atom is -0.344 e. The van der Waals surface area contributed by atoms with E-state index >= 15 is 0 Å². The number of allylic oxidation sites excluding steroid dienone is 3. The molecule has 0 aliphatic carbocycles. The number of carbonyl (C=O) groups excluding carboxylic acids is 1. The molecule has 33 heavy (non-hydrogen) atoms. The zero-order valence-corrected chi connectivity index (χ0v) is 18.5. The number of hydrogen-bond acceptors (Lipinski definition) is 4. The molecule has 1 atom stereocenters. The molecule has 1 aromatic heterocycles. The number of nitrogens with zero attached hydrogens (tertiary/aromatic N) is 2. The van der Waals surface area contributed by atoms with Crippen LogP contribution < -0.4 is 5.32 Å². The lowest BCUT2D eigenvalue weighted by atomic mass is 9.97. The minimum atomic E-state index is -4.84. The third-order valence-electron chi connectivity index (χ3n) is 4.66. The van der Waals surface area contributed by atoms with Crippen molar-refractivity contribution in [3.63, 3.8) is 0 Å². The summed E-state index contributed by atoms with van der Waals surface area (Å²) in [5.74, 6) is -0.601. The molecule has 0 fully saturated rings. The maximum absolute atomic E-state index is 13.7. The van der Waals surface area contributed by atoms with Crippen molar-refractivity contribution < 1.29 is 31.1 Å². The molecule has 11 heteroatoms. The van der Waals surface area contributed by atoms with Gasteiger partial charge in [-0.1, -0.05) is 24.3 Å². The largest absolute Gasteiger partial charge is 0.418 e. The predicted octanol–water partition coefficient (Wildman–Crippen LogP) is 6.35. The Balaban J connectivity index is 2.47. The van der Waals surface area contributed by atoms with Crippen molar-refractivity contribution in [2.75, 3.05) is 0 Å². The van der Waals surface area contributed by atoms with Gasteiger partial charge in [-0.2, -0.15) is 26.3 Å². The fourth-order valence-corrected chi connectivity index (χ4v) is 3.81. The Morgan fingerprint density at radius 3 is 2.30 bits per heavy atom. The normalized spacial score (nSPS) is 14.2. The predicted molar refractivity (Wildman–Crippen MR) is 115 cm³/mol. The fraction of sp³-hybridized carbons (Fsp3) is 0.318. The van der Waals surface area contributed by atoms with Crippen LogP contribution in [0.25, 0.3) is 0 Å². The molecule has 2 aromatic rings. The van der Waals surface area contributed by atoms with Gasteiger partial charge in [0.25, 0.3) is 0 Å². The number of carbonyl (C=O) groups is 1. The van der Waals surface area contributed by atoms with E-state index in [1.54, 1.807) is 12.4 Å². The Kier molecular flexibility index (Phi) is 8.59. The molecule has 1 N–H and O–H groups in total. The third-order valence-corrected chi connectivity index (χ3v) is 5.65. The van der Waals surface area contributed by atoms with E-state index in [2.05, 4.69) is 22.0 Å². The highest BCUT2D eigenvalue weighted by molar-refractivity contribution is 7.09. The molecule has 0 saturated carbocycles. The van der Waals surface area contributed by atoms with Crippen molar-refractivity contribution in [2.45, 2.75) is 45.1 Å². The van der Waals surface area contributed by atoms with Gasteiger partial charge < -0.3 is 5.32 Å². The average Bonchev–Trinajstić information content (AvgIpc) is 3.14. The van der Waals surface area contributed by atoms with Gasteiger partial charge in [0.05, 0.1) is 34.1 Å². The smallest absolute Gasteiger partial charge is 0.344 e. The SMILES string of the molecule is C=N/C(=C(\C=C/C)C(F)(F)F)[C@@H](NC(=O)CCc1scnc1C)c1ccc(C(F)(F)F)cc1. The zero-order chi connectivity index (χ0) is 24.8. The van der Waals surface area contributed by atoms with Gasteiger partial charge in [0.15, 0.2) is 0 Å². The van der Waals surface area contributed by atoms with Crippen LogP contribution in [-0.2, 0) is 17.4 Å². The number of nitrogens with one attached hydrogen (secondary N) is 1. The standard InChI is InChI=1S/C22H21F6N3OS/c1-4-5-16(22(26,27)28)20(29-3)19(14-6-8-15(9-7-14)21(23,24)25)31-18(32)11-10-17-13(2)30-12-33-17/h4-9,12,19H,3,10-11H2,1-2H3,(H,31,32)/b5-4-,20-16+/t19-/m0/s1. The van der Waals surface area contributed by atoms with Crippen molar-refractivity contribution in [1.82, 2.24) is 10.3 Å². The Hall–Kier alpha value is -2.95. The molecule has 0 spiro atoms. The fourth-order valence-electron chi connectivity index (χ4n) is 3.02. The van der Waals surface area contributed by atoms with E-state index in [-0.39, 0.29) is 12.0 Å². The molecule has 0 radical (unpaired) electrons. The van der Waals surface area contributed by atoms with Crippen LogP contribution in [0.5, 0.6) is 0 Å². The number of rotatable bonds is 8. The molecule has 2 rings (SSSR count). The van der Waals surface area contributed by atoms with Gasteiger partial charge in [0.1, 0.15) is 0 Å². The molecule has 178 valence electrons. The van der Waals surface area contributed by atoms with Gasteiger partial charge in [-0.15, -0.1) is 11.3 Å². The second-order valence-electron chi connectivity index (χ2n) is 6.94. The summed E-state index contributed by atoms with van der Waals surface area (Å²) in [5.41, 5.74) is -0.403. The maximum Gasteiger partial charge on any atom is 0.418 e. The lowest BCUT2D eigenvalue weighted by Gasteiger charge is -2.23. The van der Waals surface area contributed by atoms with E-state index in [4.69, 9.17) is 0 Å². The first-order chi connectivity index (χ1) is 15.4. The molecule has 1 amide bonds. The van der Waals surface area contributed by atoms with Crippen LogP contribution in [-0.4, -0.2) is 23.8 Å². The molecule has 0 saturated heterocycles. The second-order valence-corrected chi connectivity index (χ2v) is 7.88. The quantitative estimate of drug-likeness (QED) is 0.267. The first-order valence-electron chi connectivity index (χ1n) is 9.64. The summed E-state index contributed by atoms with van der Waals surface area (Å²) in [6, 6.07) is 2.02. The van der Waals surface area contributed by atoms with Gasteiger partial charge in [0, 0.05) is 11.3 Å². The maximum atomic E-state index is 13.7. The topological polar surface area (TPSA) is 54.4 Å². The molecular weight excluding hydrogens is 468 g/mol. The monoisotopic (exact) mass is 489 g/mol. The van der Waals surface area contributed by atoms with Gasteiger partial charge in [0.2, 0.25) is 5.91 Å². The molecular formula is C22H21F6N3OS. The van der Waals surface area contributed by atoms with Crippen LogP contribution in [0.3, 0.4) is 0 Å². The van der Waals surface area contributed by atoms with Crippen molar-refractivity contribution >= 4 is 24.0 Å². The highest BCUT2D eigenvalue weighted by Gasteiger charge is 2.37. The zero-order valence-electron chi connectivity index (χ0n) is 17.7. The van der Waals surface area contributed by atoms with Gasteiger partial charge >= 0.3 is 12.4 Å². The van der Waals surface area contributed by atoms with E-state index in [0.29, 0.717) is 6.42 Å². The number of aliphatic imine (C=N–C) groups is 1. The van der Waals surface area contributed by atoms with E-state index in [9.17, 15) is 31.1 Å². The van der Waals surface area contributed by atoms with Crippen LogP contribution in [0.1, 0.15) is 41.1 Å². The molecule has 0 bridgehead atoms. The third kappa shape index (κ3) is 7.01. The molecule has 0 aliphatic heterocycles. The first-order valence-corrected chi connectivity index (χ1v) is 10.5. The van der Waals surface area contributed by atoms with Crippen LogP contribution >= 0.6 is 11.3 Å². The second kappa shape index (κ2) is 10.8. The lowest BCUT2D eigenvalue weighted by molar-refractivity contribution is -0.137. The Labute approximate surface area is 190 Å². The van der Waals surface area contributed by atoms with Crippen molar-refractivity contribution in [2.24, 2.45) is 4.99 Å². The summed E-state index contributed by atoms with van der Waals surface area (Å²) in [7, 11) is 0. The summed E-state index contributed by atoms with van der Waals surface area (Å²) in [5, 5.41) is 2.47. The summed E-state index contributed by atoms with van der Waals surface area (Å²) in [6.07, 6.45) is -7.29. The Morgan fingerprint density at radius 1 is 1.21 bits per heavy atom. The van der Waals surface area contributed by atoms with Crippen molar-refractivity contribution in [1.29, 1.82) is 0 Å². The van der Waals surface area contributed by atoms with Crippen molar-refractivity contribution in [3.05, 3.63) is 74.9 Å². The van der Waals surface area contributed by atoms with Crippen LogP contribution in [0.4, 0.5) is 26.3 Å². The molecule has 4 nitrogen and oxygen atoms in total. The Morgan fingerprint density at radius 2 is 1.85 bits per heavy atom. The summed E-state index contributed by atoms with van der Waals surface area (Å²) in [6.45, 7) is 6.35. The lowest BCUT2D eigenvalue weighted by Crippen LogP contribution is -2.31. The number of benzene rings is 1. The number of aryl methyl sites for hydroxylation is 2. The number of halogens is 6. The van der Waals surface area contributed by atoms with Gasteiger partial charge in [-0.25, -0.2) is 4.98 Å².